The Hall–Kier alpha value is -1.000. The molecule has 3 nitrogen and oxygen atoms in total. The van der Waals surface area contributed by atoms with E-state index in [1.54, 1.807) is 24.3 Å². The summed E-state index contributed by atoms with van der Waals surface area (Å²) in [6, 6.07) is 7.02. The lowest BCUT2D eigenvalue weighted by Gasteiger charge is -2.06. The zero-order chi connectivity index (χ0) is 10.1. The normalized spacial score (nSPS) is 21.1. The van der Waals surface area contributed by atoms with E-state index in [0.717, 1.165) is 11.8 Å². The van der Waals surface area contributed by atoms with Gasteiger partial charge in [0, 0.05) is 5.02 Å². The maximum absolute atomic E-state index is 11.3. The summed E-state index contributed by atoms with van der Waals surface area (Å²) < 4.78 is 0. The van der Waals surface area contributed by atoms with Crippen molar-refractivity contribution < 1.29 is 9.59 Å². The fourth-order valence-electron chi connectivity index (χ4n) is 1.25. The van der Waals surface area contributed by atoms with Crippen LogP contribution in [0, 0.1) is 0 Å². The van der Waals surface area contributed by atoms with E-state index < -0.39 is 5.25 Å². The van der Waals surface area contributed by atoms with Gasteiger partial charge in [-0.3, -0.25) is 14.9 Å². The van der Waals surface area contributed by atoms with Gasteiger partial charge >= 0.3 is 0 Å². The van der Waals surface area contributed by atoms with Crippen molar-refractivity contribution in [2.75, 3.05) is 0 Å². The van der Waals surface area contributed by atoms with E-state index in [1.807, 2.05) is 0 Å². The van der Waals surface area contributed by atoms with Crippen LogP contribution >= 0.6 is 23.4 Å². The average molecular weight is 228 g/mol. The van der Waals surface area contributed by atoms with Crippen molar-refractivity contribution in [1.82, 2.24) is 5.32 Å². The summed E-state index contributed by atoms with van der Waals surface area (Å²) in [5, 5.41) is 1.91. The van der Waals surface area contributed by atoms with Crippen molar-refractivity contribution >= 4 is 34.5 Å². The van der Waals surface area contributed by atoms with Crippen molar-refractivity contribution in [3.63, 3.8) is 0 Å². The molecule has 1 aliphatic rings. The van der Waals surface area contributed by atoms with Gasteiger partial charge in [-0.15, -0.1) is 0 Å². The second kappa shape index (κ2) is 3.63. The van der Waals surface area contributed by atoms with Gasteiger partial charge in [-0.05, 0) is 23.4 Å². The highest BCUT2D eigenvalue weighted by atomic mass is 35.5. The summed E-state index contributed by atoms with van der Waals surface area (Å²) in [5.41, 5.74) is 0.683. The smallest absolute Gasteiger partial charge is 0.286 e. The van der Waals surface area contributed by atoms with E-state index in [2.05, 4.69) is 5.32 Å². The average Bonchev–Trinajstić information content (AvgIpc) is 2.46. The number of rotatable bonds is 1. The van der Waals surface area contributed by atoms with Gasteiger partial charge in [0.25, 0.3) is 5.24 Å². The molecular weight excluding hydrogens is 222 g/mol. The van der Waals surface area contributed by atoms with Gasteiger partial charge in [0.1, 0.15) is 5.25 Å². The summed E-state index contributed by atoms with van der Waals surface area (Å²) in [7, 11) is 0. The quantitative estimate of drug-likeness (QED) is 0.801. The number of nitrogens with one attached hydrogen (secondary N) is 1. The number of halogens is 1. The largest absolute Gasteiger partial charge is 0.286 e. The fraction of sp³-hybridized carbons (Fsp3) is 0.111. The summed E-state index contributed by atoms with van der Waals surface area (Å²) in [5.74, 6) is -0.298. The lowest BCUT2D eigenvalue weighted by atomic mass is 10.1. The van der Waals surface area contributed by atoms with E-state index in [0.29, 0.717) is 10.6 Å². The van der Waals surface area contributed by atoms with Gasteiger partial charge < -0.3 is 0 Å². The minimum atomic E-state index is -0.504. The molecule has 72 valence electrons. The van der Waals surface area contributed by atoms with Gasteiger partial charge in [-0.2, -0.15) is 0 Å². The molecule has 0 saturated carbocycles. The molecule has 1 heterocycles. The van der Waals surface area contributed by atoms with Crippen LogP contribution in [0.5, 0.6) is 0 Å². The monoisotopic (exact) mass is 227 g/mol. The zero-order valence-corrected chi connectivity index (χ0v) is 8.56. The van der Waals surface area contributed by atoms with E-state index in [4.69, 9.17) is 11.6 Å². The van der Waals surface area contributed by atoms with Crippen LogP contribution in [0.25, 0.3) is 0 Å². The molecule has 1 atom stereocenters. The molecule has 1 N–H and O–H groups in total. The van der Waals surface area contributed by atoms with Crippen LogP contribution in [-0.4, -0.2) is 11.1 Å². The Labute approximate surface area is 89.8 Å². The highest BCUT2D eigenvalue weighted by molar-refractivity contribution is 8.15. The molecule has 5 heteroatoms. The summed E-state index contributed by atoms with van der Waals surface area (Å²) in [6.07, 6.45) is 0. The molecule has 0 aromatic heterocycles. The van der Waals surface area contributed by atoms with Gasteiger partial charge in [0.15, 0.2) is 0 Å². The van der Waals surface area contributed by atoms with Crippen LogP contribution in [0.15, 0.2) is 24.3 Å². The molecule has 1 aliphatic heterocycles. The second-order valence-corrected chi connectivity index (χ2v) is 4.28. The Morgan fingerprint density at radius 3 is 2.57 bits per heavy atom. The van der Waals surface area contributed by atoms with Crippen LogP contribution in [0.2, 0.25) is 5.02 Å². The third kappa shape index (κ3) is 1.63. The predicted molar refractivity (Wildman–Crippen MR) is 55.3 cm³/mol. The number of thioether (sulfide) groups is 1. The maximum Gasteiger partial charge on any atom is 0.286 e. The number of carbonyl (C=O) groups excluding carboxylic acids is 2. The molecule has 0 radical (unpaired) electrons. The molecule has 2 amide bonds. The molecule has 1 aromatic rings. The summed E-state index contributed by atoms with van der Waals surface area (Å²) >= 11 is 6.87. The first-order valence-electron chi connectivity index (χ1n) is 3.94. The molecule has 14 heavy (non-hydrogen) atoms. The molecule has 0 spiro atoms. The van der Waals surface area contributed by atoms with Gasteiger partial charge in [-0.25, -0.2) is 0 Å². The number of carbonyl (C=O) groups is 2. The molecular formula is C9H6ClNO2S. The highest BCUT2D eigenvalue weighted by Gasteiger charge is 2.33. The molecule has 1 saturated heterocycles. The van der Waals surface area contributed by atoms with Crippen molar-refractivity contribution in [2.45, 2.75) is 5.25 Å². The lowest BCUT2D eigenvalue weighted by Crippen LogP contribution is -2.20. The van der Waals surface area contributed by atoms with Crippen LogP contribution in [0.3, 0.4) is 0 Å². The Balaban J connectivity index is 2.36. The second-order valence-electron chi connectivity index (χ2n) is 2.80. The Morgan fingerprint density at radius 2 is 2.00 bits per heavy atom. The summed E-state index contributed by atoms with van der Waals surface area (Å²) in [4.78, 5) is 22.3. The third-order valence-corrected chi connectivity index (χ3v) is 3.24. The maximum atomic E-state index is 11.3. The fourth-order valence-corrected chi connectivity index (χ4v) is 2.43. The van der Waals surface area contributed by atoms with Crippen molar-refractivity contribution in [3.8, 4) is 0 Å². The Morgan fingerprint density at radius 1 is 1.29 bits per heavy atom. The van der Waals surface area contributed by atoms with E-state index in [9.17, 15) is 9.59 Å². The number of imide groups is 1. The standard InChI is InChI=1S/C9H6ClNO2S/c10-6-4-2-1-3-5(6)7-8(12)11-9(13)14-7/h1-4,7H,(H,11,12,13)/t7-/m1/s1. The molecule has 0 bridgehead atoms. The minimum Gasteiger partial charge on any atom is -0.286 e. The predicted octanol–water partition coefficient (Wildman–Crippen LogP) is 2.36. The van der Waals surface area contributed by atoms with Crippen molar-refractivity contribution in [2.24, 2.45) is 0 Å². The van der Waals surface area contributed by atoms with Crippen molar-refractivity contribution in [1.29, 1.82) is 0 Å². The number of hydrogen-bond donors (Lipinski definition) is 1. The molecule has 2 rings (SSSR count). The topological polar surface area (TPSA) is 46.2 Å². The van der Waals surface area contributed by atoms with Gasteiger partial charge in [-0.1, -0.05) is 29.8 Å². The Bertz CT molecular complexity index is 408. The first-order chi connectivity index (χ1) is 6.68. The zero-order valence-electron chi connectivity index (χ0n) is 6.99. The number of hydrogen-bond acceptors (Lipinski definition) is 3. The van der Waals surface area contributed by atoms with Crippen LogP contribution in [-0.2, 0) is 4.79 Å². The lowest BCUT2D eigenvalue weighted by molar-refractivity contribution is -0.119. The minimum absolute atomic E-state index is 0.298. The first-order valence-corrected chi connectivity index (χ1v) is 5.20. The molecule has 0 aliphatic carbocycles. The highest BCUT2D eigenvalue weighted by Crippen LogP contribution is 2.37. The first kappa shape index (κ1) is 9.55. The van der Waals surface area contributed by atoms with E-state index >= 15 is 0 Å². The number of benzene rings is 1. The van der Waals surface area contributed by atoms with E-state index in [1.165, 1.54) is 0 Å². The van der Waals surface area contributed by atoms with Gasteiger partial charge in [0.2, 0.25) is 5.91 Å². The third-order valence-electron chi connectivity index (χ3n) is 1.88. The van der Waals surface area contributed by atoms with Crippen molar-refractivity contribution in [3.05, 3.63) is 34.9 Å². The SMILES string of the molecule is O=C1NC(=O)[C@@H](c2ccccc2Cl)S1. The van der Waals surface area contributed by atoms with Gasteiger partial charge in [0.05, 0.1) is 0 Å². The van der Waals surface area contributed by atoms with Crippen LogP contribution < -0.4 is 5.32 Å². The Kier molecular flexibility index (Phi) is 2.48. The molecule has 1 aromatic carbocycles. The van der Waals surface area contributed by atoms with E-state index in [-0.39, 0.29) is 11.1 Å². The molecule has 0 unspecified atom stereocenters. The summed E-state index contributed by atoms with van der Waals surface area (Å²) in [6.45, 7) is 0. The van der Waals surface area contributed by atoms with Crippen LogP contribution in [0.4, 0.5) is 4.79 Å². The van der Waals surface area contributed by atoms with Crippen LogP contribution in [0.1, 0.15) is 10.8 Å². The number of amides is 2. The molecule has 1 fully saturated rings.